The maximum Gasteiger partial charge on any atom is 0.107 e. The third-order valence-electron chi connectivity index (χ3n) is 3.16. The lowest BCUT2D eigenvalue weighted by Gasteiger charge is -2.04. The van der Waals surface area contributed by atoms with Gasteiger partial charge in [-0.05, 0) is 30.2 Å². The zero-order valence-electron chi connectivity index (χ0n) is 10.9. The van der Waals surface area contributed by atoms with Crippen molar-refractivity contribution < 1.29 is 0 Å². The van der Waals surface area contributed by atoms with Crippen molar-refractivity contribution in [3.63, 3.8) is 0 Å². The second kappa shape index (κ2) is 5.88. The van der Waals surface area contributed by atoms with Crippen LogP contribution in [-0.4, -0.2) is 14.5 Å². The summed E-state index contributed by atoms with van der Waals surface area (Å²) < 4.78 is 2.06. The lowest BCUT2D eigenvalue weighted by atomic mass is 10.1. The summed E-state index contributed by atoms with van der Waals surface area (Å²) in [6, 6.07) is 13.8. The molecule has 0 atom stereocenters. The summed E-state index contributed by atoms with van der Waals surface area (Å²) in [5.41, 5.74) is 2.94. The van der Waals surface area contributed by atoms with E-state index in [-0.39, 0.29) is 0 Å². The van der Waals surface area contributed by atoms with Crippen molar-refractivity contribution in [2.24, 2.45) is 0 Å². The number of benzene rings is 1. The van der Waals surface area contributed by atoms with Crippen LogP contribution in [0.15, 0.2) is 61.2 Å². The molecule has 0 radical (unpaired) electrons. The van der Waals surface area contributed by atoms with Gasteiger partial charge < -0.3 is 4.57 Å². The predicted octanol–water partition coefficient (Wildman–Crippen LogP) is 3.84. The Morgan fingerprint density at radius 3 is 2.60 bits per heavy atom. The molecule has 0 aliphatic carbocycles. The zero-order valence-corrected chi connectivity index (χ0v) is 11.7. The fourth-order valence-electron chi connectivity index (χ4n) is 2.08. The molecule has 0 saturated heterocycles. The third kappa shape index (κ3) is 2.89. The highest BCUT2D eigenvalue weighted by Gasteiger charge is 2.04. The molecule has 0 N–H and O–H groups in total. The number of rotatable bonds is 4. The van der Waals surface area contributed by atoms with Gasteiger partial charge in [-0.15, -0.1) is 0 Å². The van der Waals surface area contributed by atoms with Gasteiger partial charge in [-0.3, -0.25) is 4.98 Å². The Kier molecular flexibility index (Phi) is 3.79. The molecule has 0 aliphatic rings. The topological polar surface area (TPSA) is 30.7 Å². The Morgan fingerprint density at radius 1 is 0.950 bits per heavy atom. The van der Waals surface area contributed by atoms with Crippen molar-refractivity contribution in [3.8, 4) is 11.4 Å². The van der Waals surface area contributed by atoms with Crippen LogP contribution in [0.2, 0.25) is 5.02 Å². The summed E-state index contributed by atoms with van der Waals surface area (Å²) >= 11 is 6.16. The lowest BCUT2D eigenvalue weighted by molar-refractivity contribution is 0.696. The number of halogens is 1. The number of hydrogen-bond acceptors (Lipinski definition) is 2. The molecule has 3 nitrogen and oxygen atoms in total. The van der Waals surface area contributed by atoms with Gasteiger partial charge in [-0.1, -0.05) is 35.9 Å². The summed E-state index contributed by atoms with van der Waals surface area (Å²) in [5.74, 6) is 0. The molecule has 0 saturated carbocycles. The molecular weight excluding hydrogens is 270 g/mol. The van der Waals surface area contributed by atoms with Gasteiger partial charge in [-0.25, -0.2) is 4.98 Å². The van der Waals surface area contributed by atoms with Crippen LogP contribution in [0.25, 0.3) is 11.4 Å². The van der Waals surface area contributed by atoms with E-state index in [0.29, 0.717) is 0 Å². The van der Waals surface area contributed by atoms with E-state index in [4.69, 9.17) is 11.6 Å². The Balaban J connectivity index is 1.71. The van der Waals surface area contributed by atoms with Crippen molar-refractivity contribution in [1.29, 1.82) is 0 Å². The van der Waals surface area contributed by atoms with E-state index in [2.05, 4.69) is 20.6 Å². The van der Waals surface area contributed by atoms with E-state index < -0.39 is 0 Å². The summed E-state index contributed by atoms with van der Waals surface area (Å²) in [7, 11) is 0. The molecular formula is C16H14ClN3. The number of nitrogens with zero attached hydrogens (tertiary/aromatic N) is 3. The third-order valence-corrected chi connectivity index (χ3v) is 3.53. The smallest absolute Gasteiger partial charge is 0.107 e. The second-order valence-electron chi connectivity index (χ2n) is 4.55. The molecule has 0 amide bonds. The van der Waals surface area contributed by atoms with Crippen molar-refractivity contribution in [2.45, 2.75) is 13.0 Å². The van der Waals surface area contributed by atoms with Crippen LogP contribution < -0.4 is 0 Å². The van der Waals surface area contributed by atoms with Crippen LogP contribution in [0.3, 0.4) is 0 Å². The number of aromatic nitrogens is 3. The van der Waals surface area contributed by atoms with Gasteiger partial charge >= 0.3 is 0 Å². The van der Waals surface area contributed by atoms with Gasteiger partial charge in [0.15, 0.2) is 0 Å². The maximum atomic E-state index is 6.16. The van der Waals surface area contributed by atoms with Crippen molar-refractivity contribution in [1.82, 2.24) is 14.5 Å². The normalized spacial score (nSPS) is 10.7. The average Bonchev–Trinajstić information content (AvgIpc) is 2.96. The molecule has 2 heterocycles. The molecule has 4 heteroatoms. The van der Waals surface area contributed by atoms with E-state index in [0.717, 1.165) is 34.9 Å². The minimum Gasteiger partial charge on any atom is -0.336 e. The molecule has 0 spiro atoms. The lowest BCUT2D eigenvalue weighted by Crippen LogP contribution is -1.98. The molecule has 0 fully saturated rings. The van der Waals surface area contributed by atoms with Crippen molar-refractivity contribution in [3.05, 3.63) is 71.8 Å². The van der Waals surface area contributed by atoms with Gasteiger partial charge in [0.2, 0.25) is 0 Å². The van der Waals surface area contributed by atoms with E-state index in [1.54, 1.807) is 6.20 Å². The first-order valence-corrected chi connectivity index (χ1v) is 6.87. The Bertz CT molecular complexity index is 692. The highest BCUT2D eigenvalue weighted by atomic mass is 35.5. The molecule has 3 rings (SSSR count). The average molecular weight is 284 g/mol. The van der Waals surface area contributed by atoms with Crippen molar-refractivity contribution >= 4 is 11.6 Å². The van der Waals surface area contributed by atoms with Gasteiger partial charge in [0.25, 0.3) is 0 Å². The largest absolute Gasteiger partial charge is 0.336 e. The minimum atomic E-state index is 0.817. The molecule has 20 heavy (non-hydrogen) atoms. The van der Waals surface area contributed by atoms with Crippen LogP contribution in [0.4, 0.5) is 0 Å². The first kappa shape index (κ1) is 12.9. The molecule has 100 valence electrons. The summed E-state index contributed by atoms with van der Waals surface area (Å²) in [4.78, 5) is 8.69. The molecule has 0 aliphatic heterocycles. The minimum absolute atomic E-state index is 0.817. The van der Waals surface area contributed by atoms with Gasteiger partial charge in [0.1, 0.15) is 5.69 Å². The first-order valence-electron chi connectivity index (χ1n) is 6.49. The predicted molar refractivity (Wildman–Crippen MR) is 80.6 cm³/mol. The number of imidazole rings is 1. The van der Waals surface area contributed by atoms with E-state index in [9.17, 15) is 0 Å². The Morgan fingerprint density at radius 2 is 1.80 bits per heavy atom. The van der Waals surface area contributed by atoms with Gasteiger partial charge in [0, 0.05) is 24.0 Å². The SMILES string of the molecule is Clc1ccccc1CCn1cnc(-c2ccccn2)c1. The molecule has 0 unspecified atom stereocenters. The zero-order chi connectivity index (χ0) is 13.8. The van der Waals surface area contributed by atoms with Crippen LogP contribution in [0, 0.1) is 0 Å². The van der Waals surface area contributed by atoms with E-state index >= 15 is 0 Å². The van der Waals surface area contributed by atoms with Crippen LogP contribution in [0.1, 0.15) is 5.56 Å². The van der Waals surface area contributed by atoms with Crippen LogP contribution in [0.5, 0.6) is 0 Å². The highest BCUT2D eigenvalue weighted by molar-refractivity contribution is 6.31. The fraction of sp³-hybridized carbons (Fsp3) is 0.125. The fourth-order valence-corrected chi connectivity index (χ4v) is 2.31. The standard InChI is InChI=1S/C16H14ClN3/c17-14-6-2-1-5-13(14)8-10-20-11-16(19-12-20)15-7-3-4-9-18-15/h1-7,9,11-12H,8,10H2. The van der Waals surface area contributed by atoms with Crippen LogP contribution in [-0.2, 0) is 13.0 Å². The number of hydrogen-bond donors (Lipinski definition) is 0. The Labute approximate surface area is 122 Å². The first-order chi connectivity index (χ1) is 9.83. The van der Waals surface area contributed by atoms with Gasteiger partial charge in [-0.2, -0.15) is 0 Å². The van der Waals surface area contributed by atoms with E-state index in [1.807, 2.05) is 48.9 Å². The summed E-state index contributed by atoms with van der Waals surface area (Å²) in [6.07, 6.45) is 6.51. The maximum absolute atomic E-state index is 6.16. The number of pyridine rings is 1. The monoisotopic (exact) mass is 283 g/mol. The van der Waals surface area contributed by atoms with E-state index in [1.165, 1.54) is 0 Å². The molecule has 3 aromatic rings. The molecule has 0 bridgehead atoms. The Hall–Kier alpha value is -2.13. The summed E-state index contributed by atoms with van der Waals surface area (Å²) in [5, 5.41) is 0.817. The highest BCUT2D eigenvalue weighted by Crippen LogP contribution is 2.17. The molecule has 1 aromatic carbocycles. The van der Waals surface area contributed by atoms with Crippen molar-refractivity contribution in [2.75, 3.05) is 0 Å². The van der Waals surface area contributed by atoms with Gasteiger partial charge in [0.05, 0.1) is 12.0 Å². The quantitative estimate of drug-likeness (QED) is 0.728. The second-order valence-corrected chi connectivity index (χ2v) is 4.96. The number of aryl methyl sites for hydroxylation is 2. The molecule has 2 aromatic heterocycles. The summed E-state index contributed by atoms with van der Waals surface area (Å²) in [6.45, 7) is 0.851. The van der Waals surface area contributed by atoms with Crippen LogP contribution >= 0.6 is 11.6 Å².